The predicted molar refractivity (Wildman–Crippen MR) is 60.4 cm³/mol. The highest BCUT2D eigenvalue weighted by Crippen LogP contribution is 2.00. The number of hydrogen-bond acceptors (Lipinski definition) is 2. The number of aryl methyl sites for hydroxylation is 1. The molecule has 0 spiro atoms. The second kappa shape index (κ2) is 5.96. The molecule has 1 rings (SSSR count). The van der Waals surface area contributed by atoms with Crippen molar-refractivity contribution in [1.82, 2.24) is 10.3 Å². The summed E-state index contributed by atoms with van der Waals surface area (Å²) in [6, 6.07) is 3.85. The molecule has 0 saturated carbocycles. The normalized spacial score (nSPS) is 9.67. The van der Waals surface area contributed by atoms with E-state index in [-0.39, 0.29) is 5.91 Å². The van der Waals surface area contributed by atoms with Gasteiger partial charge in [0, 0.05) is 25.4 Å². The Morgan fingerprint density at radius 3 is 3.00 bits per heavy atom. The maximum Gasteiger partial charge on any atom is 0.220 e. The third kappa shape index (κ3) is 4.96. The Hall–Kier alpha value is -1.64. The second-order valence-electron chi connectivity index (χ2n) is 3.60. The SMILES string of the molecule is C=C(C)CNC(=O)CCc1cccnc1. The number of rotatable bonds is 5. The number of pyridine rings is 1. The van der Waals surface area contributed by atoms with Crippen LogP contribution in [-0.2, 0) is 11.2 Å². The number of hydrogen-bond donors (Lipinski definition) is 1. The van der Waals surface area contributed by atoms with Gasteiger partial charge in [0.05, 0.1) is 0 Å². The van der Waals surface area contributed by atoms with E-state index in [2.05, 4.69) is 16.9 Å². The van der Waals surface area contributed by atoms with E-state index in [1.165, 1.54) is 0 Å². The van der Waals surface area contributed by atoms with Crippen molar-refractivity contribution in [3.8, 4) is 0 Å². The standard InChI is InChI=1S/C12H16N2O/c1-10(2)8-14-12(15)6-5-11-4-3-7-13-9-11/h3-4,7,9H,1,5-6,8H2,2H3,(H,14,15). The van der Waals surface area contributed by atoms with Gasteiger partial charge in [0.25, 0.3) is 0 Å². The molecule has 1 aromatic heterocycles. The number of amides is 1. The molecule has 0 aliphatic carbocycles. The van der Waals surface area contributed by atoms with Crippen molar-refractivity contribution < 1.29 is 4.79 Å². The molecule has 0 unspecified atom stereocenters. The molecule has 1 amide bonds. The minimum Gasteiger partial charge on any atom is -0.352 e. The number of carbonyl (C=O) groups excluding carboxylic acids is 1. The van der Waals surface area contributed by atoms with Crippen molar-refractivity contribution in [2.24, 2.45) is 0 Å². The van der Waals surface area contributed by atoms with Crippen molar-refractivity contribution >= 4 is 5.91 Å². The van der Waals surface area contributed by atoms with E-state index in [1.54, 1.807) is 12.4 Å². The molecule has 0 aliphatic heterocycles. The van der Waals surface area contributed by atoms with Crippen molar-refractivity contribution in [3.63, 3.8) is 0 Å². The summed E-state index contributed by atoms with van der Waals surface area (Å²) in [6.07, 6.45) is 4.74. The molecule has 15 heavy (non-hydrogen) atoms. The molecule has 0 fully saturated rings. The highest BCUT2D eigenvalue weighted by Gasteiger charge is 2.01. The van der Waals surface area contributed by atoms with Crippen LogP contribution in [0.25, 0.3) is 0 Å². The second-order valence-corrected chi connectivity index (χ2v) is 3.60. The average molecular weight is 204 g/mol. The summed E-state index contributed by atoms with van der Waals surface area (Å²) in [7, 11) is 0. The molecule has 1 aromatic rings. The van der Waals surface area contributed by atoms with E-state index < -0.39 is 0 Å². The minimum atomic E-state index is 0.0573. The Labute approximate surface area is 90.2 Å². The first-order valence-electron chi connectivity index (χ1n) is 4.98. The predicted octanol–water partition coefficient (Wildman–Crippen LogP) is 1.71. The average Bonchev–Trinajstić information content (AvgIpc) is 2.25. The fourth-order valence-electron chi connectivity index (χ4n) is 1.14. The summed E-state index contributed by atoms with van der Waals surface area (Å²) >= 11 is 0. The summed E-state index contributed by atoms with van der Waals surface area (Å²) in [4.78, 5) is 15.3. The van der Waals surface area contributed by atoms with Crippen molar-refractivity contribution in [2.45, 2.75) is 19.8 Å². The van der Waals surface area contributed by atoms with E-state index in [1.807, 2.05) is 19.1 Å². The molecule has 0 aromatic carbocycles. The molecule has 0 aliphatic rings. The van der Waals surface area contributed by atoms with E-state index >= 15 is 0 Å². The molecular formula is C12H16N2O. The highest BCUT2D eigenvalue weighted by atomic mass is 16.1. The third-order valence-electron chi connectivity index (χ3n) is 1.95. The van der Waals surface area contributed by atoms with Crippen LogP contribution in [-0.4, -0.2) is 17.4 Å². The third-order valence-corrected chi connectivity index (χ3v) is 1.95. The number of nitrogens with zero attached hydrogens (tertiary/aromatic N) is 1. The van der Waals surface area contributed by atoms with Crippen LogP contribution in [0, 0.1) is 0 Å². The topological polar surface area (TPSA) is 42.0 Å². The molecule has 3 heteroatoms. The van der Waals surface area contributed by atoms with Gasteiger partial charge < -0.3 is 5.32 Å². The van der Waals surface area contributed by atoms with Gasteiger partial charge in [-0.1, -0.05) is 18.2 Å². The van der Waals surface area contributed by atoms with Crippen LogP contribution in [0.5, 0.6) is 0 Å². The van der Waals surface area contributed by atoms with Gasteiger partial charge in [-0.05, 0) is 25.0 Å². The molecular weight excluding hydrogens is 188 g/mol. The smallest absolute Gasteiger partial charge is 0.220 e. The Morgan fingerprint density at radius 1 is 1.60 bits per heavy atom. The summed E-state index contributed by atoms with van der Waals surface area (Å²) in [5.74, 6) is 0.0573. The minimum absolute atomic E-state index is 0.0573. The fourth-order valence-corrected chi connectivity index (χ4v) is 1.14. The number of carbonyl (C=O) groups is 1. The first kappa shape index (κ1) is 11.4. The molecule has 0 saturated heterocycles. The van der Waals surface area contributed by atoms with Crippen molar-refractivity contribution in [1.29, 1.82) is 0 Å². The Morgan fingerprint density at radius 2 is 2.40 bits per heavy atom. The van der Waals surface area contributed by atoms with Crippen LogP contribution < -0.4 is 5.32 Å². The zero-order chi connectivity index (χ0) is 11.1. The summed E-state index contributed by atoms with van der Waals surface area (Å²) < 4.78 is 0. The van der Waals surface area contributed by atoms with Crippen LogP contribution in [0.4, 0.5) is 0 Å². The molecule has 80 valence electrons. The fraction of sp³-hybridized carbons (Fsp3) is 0.333. The van der Waals surface area contributed by atoms with Crippen LogP contribution >= 0.6 is 0 Å². The molecule has 0 atom stereocenters. The first-order chi connectivity index (χ1) is 7.18. The maximum atomic E-state index is 11.3. The lowest BCUT2D eigenvalue weighted by atomic mass is 10.1. The quantitative estimate of drug-likeness (QED) is 0.742. The van der Waals surface area contributed by atoms with Crippen LogP contribution in [0.3, 0.4) is 0 Å². The molecule has 1 N–H and O–H groups in total. The first-order valence-corrected chi connectivity index (χ1v) is 4.98. The van der Waals surface area contributed by atoms with E-state index in [0.29, 0.717) is 13.0 Å². The van der Waals surface area contributed by atoms with Crippen LogP contribution in [0.1, 0.15) is 18.9 Å². The number of nitrogens with one attached hydrogen (secondary N) is 1. The zero-order valence-corrected chi connectivity index (χ0v) is 8.99. The molecule has 1 heterocycles. The Bertz CT molecular complexity index is 333. The lowest BCUT2D eigenvalue weighted by molar-refractivity contribution is -0.120. The van der Waals surface area contributed by atoms with Crippen molar-refractivity contribution in [2.75, 3.05) is 6.54 Å². The van der Waals surface area contributed by atoms with Crippen LogP contribution in [0.2, 0.25) is 0 Å². The highest BCUT2D eigenvalue weighted by molar-refractivity contribution is 5.76. The van der Waals surface area contributed by atoms with Gasteiger partial charge in [0.15, 0.2) is 0 Å². The van der Waals surface area contributed by atoms with E-state index in [4.69, 9.17) is 0 Å². The van der Waals surface area contributed by atoms with Gasteiger partial charge in [-0.2, -0.15) is 0 Å². The van der Waals surface area contributed by atoms with Gasteiger partial charge in [-0.3, -0.25) is 9.78 Å². The monoisotopic (exact) mass is 204 g/mol. The van der Waals surface area contributed by atoms with Gasteiger partial charge >= 0.3 is 0 Å². The van der Waals surface area contributed by atoms with Gasteiger partial charge in [0.1, 0.15) is 0 Å². The van der Waals surface area contributed by atoms with Crippen molar-refractivity contribution in [3.05, 3.63) is 42.2 Å². The Kier molecular flexibility index (Phi) is 4.54. The largest absolute Gasteiger partial charge is 0.352 e. The lowest BCUT2D eigenvalue weighted by Crippen LogP contribution is -2.24. The summed E-state index contributed by atoms with van der Waals surface area (Å²) in [5.41, 5.74) is 2.05. The molecule has 0 radical (unpaired) electrons. The van der Waals surface area contributed by atoms with Gasteiger partial charge in [-0.25, -0.2) is 0 Å². The maximum absolute atomic E-state index is 11.3. The summed E-state index contributed by atoms with van der Waals surface area (Å²) in [5, 5.41) is 2.79. The lowest BCUT2D eigenvalue weighted by Gasteiger charge is -2.04. The van der Waals surface area contributed by atoms with Crippen LogP contribution in [0.15, 0.2) is 36.7 Å². The van der Waals surface area contributed by atoms with Gasteiger partial charge in [-0.15, -0.1) is 0 Å². The zero-order valence-electron chi connectivity index (χ0n) is 8.99. The Balaban J connectivity index is 2.26. The van der Waals surface area contributed by atoms with E-state index in [0.717, 1.165) is 17.6 Å². The summed E-state index contributed by atoms with van der Waals surface area (Å²) in [6.45, 7) is 6.17. The molecule has 0 bridgehead atoms. The number of aromatic nitrogens is 1. The van der Waals surface area contributed by atoms with Gasteiger partial charge in [0.2, 0.25) is 5.91 Å². The molecule has 3 nitrogen and oxygen atoms in total. The van der Waals surface area contributed by atoms with E-state index in [9.17, 15) is 4.79 Å².